The second kappa shape index (κ2) is 45.1. The molecule has 10 N–H and O–H groups in total. The molecule has 0 radical (unpaired) electrons. The molecular weight excluding hydrogens is 2180 g/mol. The van der Waals surface area contributed by atoms with E-state index in [1.807, 2.05) is 132 Å². The summed E-state index contributed by atoms with van der Waals surface area (Å²) in [6, 6.07) is 21.8. The van der Waals surface area contributed by atoms with Crippen LogP contribution in [0.4, 0.5) is 43.3 Å². The van der Waals surface area contributed by atoms with Crippen LogP contribution in [-0.4, -0.2) is 143 Å². The molecule has 0 aromatic carbocycles. The van der Waals surface area contributed by atoms with Crippen molar-refractivity contribution in [1.82, 2.24) is 107 Å². The highest BCUT2D eigenvalue weighted by Crippen LogP contribution is 2.41. The van der Waals surface area contributed by atoms with Gasteiger partial charge in [0.1, 0.15) is 74.4 Å². The number of fused-ring (bicyclic) bond motifs is 8. The highest BCUT2D eigenvalue weighted by molar-refractivity contribution is 9.11. The number of hydrogen-bond donors (Lipinski definition) is 6. The SMILES string of the molecule is CC(=O)c1cc(Br)ncc1F.CC(O)c1cc(Br)ncc1F.CCc1c(-c2cc(Nc3cc4c(C)nn(C)c4cn3)c(=O)n(C)c2)ccnc1N1CCn2c(cc3c2CC(C)(C)C3)C1=O.CN.Cc1[nH]nc2cnc(Br)cc12.Cc1c2cc(Br)ncc2nn1C.Cc1nn(C)c2cnc(Br)cc12.Cc1nn(C)c2cnc(Nc3cc(Br)cn(C)c3=O)cc12.Cn1cc(Br)cc(N)c1=O.O. The predicted molar refractivity (Wildman–Crippen MR) is 544 cm³/mol. The molecule has 43 heteroatoms. The van der Waals surface area contributed by atoms with Gasteiger partial charge in [0, 0.05) is 157 Å². The molecule has 0 spiro atoms. The van der Waals surface area contributed by atoms with Gasteiger partial charge in [0.2, 0.25) is 0 Å². The third-order valence-electron chi connectivity index (χ3n) is 21.4. The molecule has 1 aliphatic heterocycles. The monoisotopic (exact) mass is 2270 g/mol. The van der Waals surface area contributed by atoms with Gasteiger partial charge in [0.05, 0.1) is 94.4 Å². The number of aromatic nitrogens is 22. The average Bonchev–Trinajstić information content (AvgIpc) is 0.902. The third-order valence-corrected chi connectivity index (χ3v) is 24.5. The van der Waals surface area contributed by atoms with E-state index in [2.05, 4.69) is 225 Å². The Bertz CT molecular complexity index is 7390. The summed E-state index contributed by atoms with van der Waals surface area (Å²) >= 11 is 22.7. The van der Waals surface area contributed by atoms with Crippen molar-refractivity contribution in [2.24, 2.45) is 60.5 Å². The zero-order valence-corrected chi connectivity index (χ0v) is 87.4. The summed E-state index contributed by atoms with van der Waals surface area (Å²) in [7, 11) is 14.2. The minimum absolute atomic E-state index is 0. The first-order chi connectivity index (χ1) is 63.0. The number of rotatable bonds is 9. The lowest BCUT2D eigenvalue weighted by Gasteiger charge is -2.31. The number of nitrogens with zero attached hydrogens (tertiary/aromatic N) is 22. The minimum atomic E-state index is -0.797. The van der Waals surface area contributed by atoms with E-state index in [0.29, 0.717) is 51.0 Å². The van der Waals surface area contributed by atoms with Crippen LogP contribution in [0.25, 0.3) is 65.6 Å². The molecule has 0 saturated heterocycles. The first-order valence-electron chi connectivity index (χ1n) is 41.0. The minimum Gasteiger partial charge on any atom is -0.412 e. The summed E-state index contributed by atoms with van der Waals surface area (Å²) in [6.45, 7) is 20.7. The van der Waals surface area contributed by atoms with E-state index in [-0.39, 0.29) is 56.1 Å². The first-order valence-corrected chi connectivity index (χ1v) is 46.6. The molecule has 1 unspecified atom stereocenters. The average molecular weight is 2280 g/mol. The van der Waals surface area contributed by atoms with Crippen LogP contribution < -0.4 is 43.7 Å². The van der Waals surface area contributed by atoms with Crippen LogP contribution >= 0.6 is 112 Å². The van der Waals surface area contributed by atoms with Crippen molar-refractivity contribution in [3.63, 3.8) is 0 Å². The van der Waals surface area contributed by atoms with Gasteiger partial charge < -0.3 is 51.0 Å². The Balaban J connectivity index is 0.000000172. The van der Waals surface area contributed by atoms with E-state index in [0.717, 1.165) is 160 Å². The van der Waals surface area contributed by atoms with Gasteiger partial charge in [-0.3, -0.25) is 52.7 Å². The number of aryl methyl sites for hydroxylation is 12. The van der Waals surface area contributed by atoms with Crippen molar-refractivity contribution in [2.75, 3.05) is 34.9 Å². The Kier molecular flexibility index (Phi) is 35.1. The number of aliphatic hydroxyl groups is 1. The van der Waals surface area contributed by atoms with Crippen LogP contribution in [0.3, 0.4) is 0 Å². The van der Waals surface area contributed by atoms with Gasteiger partial charge in [-0.15, -0.1) is 0 Å². The van der Waals surface area contributed by atoms with Gasteiger partial charge in [-0.05, 0) is 276 Å². The number of hydrogen-bond acceptors (Lipinski definition) is 23. The topological polar surface area (TPSA) is 439 Å². The van der Waals surface area contributed by atoms with E-state index in [1.165, 1.54) is 53.4 Å². The molecule has 134 heavy (non-hydrogen) atoms. The number of nitrogens with two attached hydrogens (primary N) is 2. The highest BCUT2D eigenvalue weighted by atomic mass is 79.9. The number of amides is 1. The summed E-state index contributed by atoms with van der Waals surface area (Å²) in [4.78, 5) is 95.8. The number of carbonyl (C=O) groups excluding carboxylic acids is 2. The lowest BCUT2D eigenvalue weighted by atomic mass is 9.90. The van der Waals surface area contributed by atoms with Crippen LogP contribution in [0.15, 0.2) is 187 Å². The number of nitrogens with one attached hydrogen (secondary N) is 3. The zero-order valence-electron chi connectivity index (χ0n) is 76.3. The number of carbonyl (C=O) groups is 2. The van der Waals surface area contributed by atoms with E-state index in [1.54, 1.807) is 90.6 Å². The van der Waals surface area contributed by atoms with Gasteiger partial charge in [-0.2, -0.15) is 25.5 Å². The van der Waals surface area contributed by atoms with Crippen molar-refractivity contribution < 1.29 is 29.0 Å². The number of anilines is 6. The van der Waals surface area contributed by atoms with Crippen molar-refractivity contribution in [3.05, 3.63) is 278 Å². The second-order valence-electron chi connectivity index (χ2n) is 31.6. The molecule has 34 nitrogen and oxygen atoms in total. The Morgan fingerprint density at radius 3 is 1.57 bits per heavy atom. The molecule has 1 atom stereocenters. The lowest BCUT2D eigenvalue weighted by molar-refractivity contribution is 0.0961. The first kappa shape index (κ1) is 104. The Labute approximate surface area is 827 Å². The Morgan fingerprint density at radius 2 is 1.03 bits per heavy atom. The molecule has 17 aromatic rings. The van der Waals surface area contributed by atoms with Crippen LogP contribution in [0.5, 0.6) is 0 Å². The van der Waals surface area contributed by atoms with Crippen LogP contribution in [0.1, 0.15) is 112 Å². The molecule has 18 heterocycles. The molecule has 19 rings (SSSR count). The van der Waals surface area contributed by atoms with Gasteiger partial charge in [0.25, 0.3) is 22.6 Å². The van der Waals surface area contributed by atoms with Crippen LogP contribution in [0.2, 0.25) is 0 Å². The summed E-state index contributed by atoms with van der Waals surface area (Å²) in [5.41, 5.74) is 27.2. The van der Waals surface area contributed by atoms with Crippen molar-refractivity contribution >= 4 is 212 Å². The summed E-state index contributed by atoms with van der Waals surface area (Å²) < 4.78 is 44.7. The standard InChI is InChI=1S/C33H36N8O2.C14H14BrN5O.2C8H8BrN3.C7H7BrFNO.C7H5BrFNO.C7H6BrN3.C6H7BrN2O.CH5N.H2O/c1-7-22-23(8-9-34-30(22)41-11-10-40-26(32(41)43)13-20-15-33(3,4)16-27(20)40)21-12-25(31(42)38(5)18-21)36-29-14-24-19(2)37-39(6)28(24)17-35-29;1-8-10-5-13(16-6-12(10)20(3)18-8)17-11-4-9(15)7-19(2)14(11)21;1-5-6-3-8(9)10-4-7(6)11-12(5)2;1-5-6-3-8(9)10-4-7(6)12(2)11-5;2*1-4(11)5-2-7(8)10-3-6(5)9;1-4-5-2-7(8)9-3-6(5)11-10-4;1-9-3-4(7)2-5(8)6(9)10;1-2;/h8-9,12-14,17-18H,7,10-11,15-16H2,1-6H3,(H,35,36);4-7H,1-3H3,(H,16,17);2*3-4H,1-2H3;2-4,11H,1H3;2-3H,1H3;2-3H,1H3,(H,10,11);2-3H,8H2,1H3;2H2,1H3;1H2. The molecule has 702 valence electrons. The molecular formula is C91H98Br7F2N27O7. The number of nitrogen functional groups attached to an aromatic ring is 1. The molecule has 0 fully saturated rings. The molecule has 1 amide bonds. The Hall–Kier alpha value is -11.7. The predicted octanol–water partition coefficient (Wildman–Crippen LogP) is 17.2. The number of ketones is 1. The maximum Gasteiger partial charge on any atom is 0.276 e. The maximum absolute atomic E-state index is 13.9. The number of aliphatic hydroxyl groups excluding tert-OH is 1. The van der Waals surface area contributed by atoms with E-state index in [9.17, 15) is 32.8 Å². The van der Waals surface area contributed by atoms with Gasteiger partial charge in [0.15, 0.2) is 11.6 Å². The quantitative estimate of drug-likeness (QED) is 0.0577. The lowest BCUT2D eigenvalue weighted by Crippen LogP contribution is -2.41. The van der Waals surface area contributed by atoms with Crippen LogP contribution in [-0.2, 0) is 75.1 Å². The van der Waals surface area contributed by atoms with Crippen molar-refractivity contribution in [3.8, 4) is 11.1 Å². The molecule has 0 saturated carbocycles. The smallest absolute Gasteiger partial charge is 0.276 e. The second-order valence-corrected chi connectivity index (χ2v) is 37.5. The zero-order chi connectivity index (χ0) is 97.2. The number of H-pyrrole nitrogens is 1. The molecule has 17 aromatic heterocycles. The number of halogens is 9. The van der Waals surface area contributed by atoms with E-state index >= 15 is 0 Å². The number of Topliss-reactive ketones (excluding diaryl/α,β-unsaturated/α-hetero) is 1. The third kappa shape index (κ3) is 24.7. The van der Waals surface area contributed by atoms with E-state index < -0.39 is 17.7 Å². The van der Waals surface area contributed by atoms with Crippen LogP contribution in [0, 0.1) is 51.7 Å². The summed E-state index contributed by atoms with van der Waals surface area (Å²) in [5.74, 6) is 0.498. The van der Waals surface area contributed by atoms with Crippen molar-refractivity contribution in [2.45, 2.75) is 101 Å². The van der Waals surface area contributed by atoms with Gasteiger partial charge >= 0.3 is 0 Å². The fourth-order valence-corrected chi connectivity index (χ4v) is 17.6. The van der Waals surface area contributed by atoms with Crippen molar-refractivity contribution in [1.29, 1.82) is 0 Å². The molecule has 1 aliphatic carbocycles. The summed E-state index contributed by atoms with van der Waals surface area (Å²) in [5, 5.41) is 45.1. The fourth-order valence-electron chi connectivity index (χ4n) is 14.9. The molecule has 2 aliphatic rings. The maximum atomic E-state index is 13.9. The van der Waals surface area contributed by atoms with E-state index in [4.69, 9.17) is 15.8 Å². The number of aromatic amines is 1. The Morgan fingerprint density at radius 1 is 0.552 bits per heavy atom. The fraction of sp³-hybridized carbons (Fsp3) is 0.275. The van der Waals surface area contributed by atoms with Gasteiger partial charge in [-0.1, -0.05) is 20.8 Å². The largest absolute Gasteiger partial charge is 0.412 e. The normalized spacial score (nSPS) is 12.2. The highest BCUT2D eigenvalue weighted by Gasteiger charge is 2.38. The number of pyridine rings is 11. The van der Waals surface area contributed by atoms with Gasteiger partial charge in [-0.25, -0.2) is 48.7 Å². The summed E-state index contributed by atoms with van der Waals surface area (Å²) in [6.07, 6.45) is 19.8. The molecule has 0 bridgehead atoms.